The van der Waals surface area contributed by atoms with Crippen molar-refractivity contribution in [3.63, 3.8) is 0 Å². The maximum Gasteiger partial charge on any atom is 0.0573 e. The van der Waals surface area contributed by atoms with Gasteiger partial charge in [-0.2, -0.15) is 0 Å². The molecule has 0 aliphatic heterocycles. The molecule has 0 heterocycles. The highest BCUT2D eigenvalue weighted by Crippen LogP contribution is 2.58. The predicted molar refractivity (Wildman–Crippen MR) is 40.6 cm³/mol. The van der Waals surface area contributed by atoms with Crippen molar-refractivity contribution in [2.75, 3.05) is 0 Å². The molecule has 2 bridgehead atoms. The Kier molecular flexibility index (Phi) is 1.17. The molecule has 3 unspecified atom stereocenters. The van der Waals surface area contributed by atoms with E-state index in [2.05, 4.69) is 13.8 Å². The maximum atomic E-state index is 9.55. The number of rotatable bonds is 0. The van der Waals surface area contributed by atoms with Crippen molar-refractivity contribution in [2.45, 2.75) is 39.2 Å². The van der Waals surface area contributed by atoms with Gasteiger partial charge < -0.3 is 5.11 Å². The second kappa shape index (κ2) is 1.76. The number of hydrogen-bond acceptors (Lipinski definition) is 1. The third-order valence-corrected chi connectivity index (χ3v) is 3.82. The van der Waals surface area contributed by atoms with Gasteiger partial charge in [0.1, 0.15) is 0 Å². The van der Waals surface area contributed by atoms with Crippen LogP contribution in [0, 0.1) is 17.3 Å². The zero-order chi connectivity index (χ0) is 7.35. The van der Waals surface area contributed by atoms with Crippen molar-refractivity contribution >= 4 is 0 Å². The molecule has 0 aromatic heterocycles. The summed E-state index contributed by atoms with van der Waals surface area (Å²) >= 11 is 0. The number of aliphatic hydroxyl groups excluding tert-OH is 1. The van der Waals surface area contributed by atoms with E-state index in [0.717, 1.165) is 12.3 Å². The normalized spacial score (nSPS) is 50.1. The van der Waals surface area contributed by atoms with Gasteiger partial charge in [-0.05, 0) is 36.5 Å². The fourth-order valence-corrected chi connectivity index (χ4v) is 2.77. The summed E-state index contributed by atoms with van der Waals surface area (Å²) in [6.45, 7) is 4.60. The zero-order valence-electron chi connectivity index (χ0n) is 6.80. The molecule has 3 saturated carbocycles. The van der Waals surface area contributed by atoms with Gasteiger partial charge in [-0.25, -0.2) is 0 Å². The van der Waals surface area contributed by atoms with E-state index in [4.69, 9.17) is 0 Å². The first-order chi connectivity index (χ1) is 4.62. The first-order valence-corrected chi connectivity index (χ1v) is 4.30. The quantitative estimate of drug-likeness (QED) is 0.544. The predicted octanol–water partition coefficient (Wildman–Crippen LogP) is 1.80. The van der Waals surface area contributed by atoms with E-state index in [-0.39, 0.29) is 6.10 Å². The fourth-order valence-electron chi connectivity index (χ4n) is 2.77. The van der Waals surface area contributed by atoms with Gasteiger partial charge in [-0.15, -0.1) is 0 Å². The lowest BCUT2D eigenvalue weighted by atomic mass is 9.48. The third-order valence-electron chi connectivity index (χ3n) is 3.82. The molecule has 0 radical (unpaired) electrons. The molecule has 0 aromatic carbocycles. The molecule has 3 aliphatic rings. The van der Waals surface area contributed by atoms with Gasteiger partial charge in [0.15, 0.2) is 0 Å². The zero-order valence-corrected chi connectivity index (χ0v) is 6.80. The average Bonchev–Trinajstić information content (AvgIpc) is 1.87. The van der Waals surface area contributed by atoms with Gasteiger partial charge in [0.25, 0.3) is 0 Å². The molecule has 3 rings (SSSR count). The Hall–Kier alpha value is -0.0400. The number of aliphatic hydroxyl groups is 1. The fraction of sp³-hybridized carbons (Fsp3) is 1.00. The van der Waals surface area contributed by atoms with Gasteiger partial charge in [0.2, 0.25) is 0 Å². The van der Waals surface area contributed by atoms with Crippen LogP contribution in [-0.2, 0) is 0 Å². The molecular formula is C9H16O. The average molecular weight is 140 g/mol. The standard InChI is InChI=1S/C9H16O/c1-9(2)6-3-4-8(10)7(9)5-6/h6-8,10H,3-5H2,1-2H3. The summed E-state index contributed by atoms with van der Waals surface area (Å²) < 4.78 is 0. The highest BCUT2D eigenvalue weighted by atomic mass is 16.3. The van der Waals surface area contributed by atoms with E-state index in [0.29, 0.717) is 11.3 Å². The summed E-state index contributed by atoms with van der Waals surface area (Å²) in [5, 5.41) is 9.55. The monoisotopic (exact) mass is 140 g/mol. The minimum atomic E-state index is 0.0139. The van der Waals surface area contributed by atoms with Gasteiger partial charge in [0, 0.05) is 0 Å². The van der Waals surface area contributed by atoms with Gasteiger partial charge in [0.05, 0.1) is 6.10 Å². The lowest BCUT2D eigenvalue weighted by Crippen LogP contribution is -2.54. The van der Waals surface area contributed by atoms with Crippen LogP contribution in [0.4, 0.5) is 0 Å². The first kappa shape index (κ1) is 6.66. The van der Waals surface area contributed by atoms with Crippen molar-refractivity contribution < 1.29 is 5.11 Å². The molecular weight excluding hydrogens is 124 g/mol. The lowest BCUT2D eigenvalue weighted by Gasteiger charge is -2.58. The van der Waals surface area contributed by atoms with Crippen LogP contribution in [0.25, 0.3) is 0 Å². The lowest BCUT2D eigenvalue weighted by molar-refractivity contribution is -0.139. The molecule has 1 heteroatoms. The van der Waals surface area contributed by atoms with E-state index in [1.807, 2.05) is 0 Å². The molecule has 3 aliphatic carbocycles. The third kappa shape index (κ3) is 0.619. The van der Waals surface area contributed by atoms with E-state index in [1.165, 1.54) is 12.8 Å². The van der Waals surface area contributed by atoms with E-state index >= 15 is 0 Å². The molecule has 1 nitrogen and oxygen atoms in total. The van der Waals surface area contributed by atoms with E-state index < -0.39 is 0 Å². The molecule has 3 fully saturated rings. The van der Waals surface area contributed by atoms with Crippen LogP contribution in [-0.4, -0.2) is 11.2 Å². The Morgan fingerprint density at radius 1 is 1.30 bits per heavy atom. The summed E-state index contributed by atoms with van der Waals surface area (Å²) in [6, 6.07) is 0. The molecule has 0 aromatic rings. The molecule has 58 valence electrons. The second-order valence-electron chi connectivity index (χ2n) is 4.51. The van der Waals surface area contributed by atoms with Crippen molar-refractivity contribution in [3.8, 4) is 0 Å². The summed E-state index contributed by atoms with van der Waals surface area (Å²) in [7, 11) is 0. The molecule has 1 N–H and O–H groups in total. The van der Waals surface area contributed by atoms with Crippen LogP contribution >= 0.6 is 0 Å². The largest absolute Gasteiger partial charge is 0.393 e. The Bertz CT molecular complexity index is 149. The van der Waals surface area contributed by atoms with Crippen LogP contribution in [0.5, 0.6) is 0 Å². The SMILES string of the molecule is CC1(C)C2CCC(O)C1C2. The van der Waals surface area contributed by atoms with Gasteiger partial charge in [-0.1, -0.05) is 13.8 Å². The summed E-state index contributed by atoms with van der Waals surface area (Å²) in [4.78, 5) is 0. The Morgan fingerprint density at radius 3 is 2.30 bits per heavy atom. The van der Waals surface area contributed by atoms with Crippen molar-refractivity contribution in [1.82, 2.24) is 0 Å². The Morgan fingerprint density at radius 2 is 2.00 bits per heavy atom. The van der Waals surface area contributed by atoms with E-state index in [1.54, 1.807) is 0 Å². The summed E-state index contributed by atoms with van der Waals surface area (Å²) in [5.74, 6) is 1.53. The molecule has 3 atom stereocenters. The van der Waals surface area contributed by atoms with Crippen LogP contribution < -0.4 is 0 Å². The summed E-state index contributed by atoms with van der Waals surface area (Å²) in [6.07, 6.45) is 3.61. The van der Waals surface area contributed by atoms with Crippen LogP contribution in [0.2, 0.25) is 0 Å². The highest BCUT2D eigenvalue weighted by Gasteiger charge is 2.53. The Labute approximate surface area is 62.4 Å². The topological polar surface area (TPSA) is 20.2 Å². The van der Waals surface area contributed by atoms with Crippen LogP contribution in [0.1, 0.15) is 33.1 Å². The van der Waals surface area contributed by atoms with Gasteiger partial charge >= 0.3 is 0 Å². The minimum Gasteiger partial charge on any atom is -0.393 e. The Balaban J connectivity index is 2.16. The second-order valence-corrected chi connectivity index (χ2v) is 4.51. The molecule has 0 saturated heterocycles. The maximum absolute atomic E-state index is 9.55. The molecule has 0 amide bonds. The van der Waals surface area contributed by atoms with Crippen LogP contribution in [0.3, 0.4) is 0 Å². The minimum absolute atomic E-state index is 0.0139. The van der Waals surface area contributed by atoms with Crippen molar-refractivity contribution in [3.05, 3.63) is 0 Å². The number of fused-ring (bicyclic) bond motifs is 2. The van der Waals surface area contributed by atoms with Crippen molar-refractivity contribution in [1.29, 1.82) is 0 Å². The smallest absolute Gasteiger partial charge is 0.0573 e. The highest BCUT2D eigenvalue weighted by molar-refractivity contribution is 5.03. The van der Waals surface area contributed by atoms with E-state index in [9.17, 15) is 5.11 Å². The van der Waals surface area contributed by atoms with Crippen LogP contribution in [0.15, 0.2) is 0 Å². The number of hydrogen-bond donors (Lipinski definition) is 1. The molecule has 0 spiro atoms. The first-order valence-electron chi connectivity index (χ1n) is 4.30. The van der Waals surface area contributed by atoms with Gasteiger partial charge in [-0.3, -0.25) is 0 Å². The van der Waals surface area contributed by atoms with Crippen molar-refractivity contribution in [2.24, 2.45) is 17.3 Å². The summed E-state index contributed by atoms with van der Waals surface area (Å²) in [5.41, 5.74) is 0.456. The molecule has 10 heavy (non-hydrogen) atoms.